The van der Waals surface area contributed by atoms with Crippen molar-refractivity contribution in [3.8, 4) is 11.5 Å². The Balaban J connectivity index is 2.28. The van der Waals surface area contributed by atoms with Crippen LogP contribution in [-0.4, -0.2) is 14.2 Å². The minimum absolute atomic E-state index is 0.611. The third-order valence-electron chi connectivity index (χ3n) is 2.63. The molecule has 0 spiro atoms. The van der Waals surface area contributed by atoms with Gasteiger partial charge in [0.25, 0.3) is 0 Å². The summed E-state index contributed by atoms with van der Waals surface area (Å²) in [5.41, 5.74) is 8.20. The smallest absolute Gasteiger partial charge is 0.143 e. The summed E-state index contributed by atoms with van der Waals surface area (Å²) in [5.74, 6) is 1.42. The average molecular weight is 323 g/mol. The summed E-state index contributed by atoms with van der Waals surface area (Å²) < 4.78 is 11.4. The van der Waals surface area contributed by atoms with E-state index in [4.69, 9.17) is 15.2 Å². The number of anilines is 3. The first-order valence-corrected chi connectivity index (χ1v) is 6.47. The van der Waals surface area contributed by atoms with Crippen molar-refractivity contribution < 1.29 is 9.47 Å². The molecule has 0 saturated carbocycles. The standard InChI is InChI=1S/C14H15BrN2O2/c1-18-12-6-9(15)5-11(7-12)17-10-3-4-13(16)14(8-10)19-2/h3-8,17H,16H2,1-2H3. The molecule has 0 unspecified atom stereocenters. The number of methoxy groups -OCH3 is 2. The van der Waals surface area contributed by atoms with Gasteiger partial charge in [0, 0.05) is 28.0 Å². The van der Waals surface area contributed by atoms with E-state index < -0.39 is 0 Å². The normalized spacial score (nSPS) is 10.1. The Hall–Kier alpha value is -1.88. The van der Waals surface area contributed by atoms with Crippen LogP contribution in [0.1, 0.15) is 0 Å². The quantitative estimate of drug-likeness (QED) is 0.841. The summed E-state index contributed by atoms with van der Waals surface area (Å²) in [7, 11) is 3.23. The highest BCUT2D eigenvalue weighted by Gasteiger charge is 2.03. The Morgan fingerprint density at radius 1 is 1.00 bits per heavy atom. The third-order valence-corrected chi connectivity index (χ3v) is 3.09. The molecule has 2 rings (SSSR count). The summed E-state index contributed by atoms with van der Waals surface area (Å²) in [5, 5.41) is 3.28. The SMILES string of the molecule is COc1cc(Br)cc(Nc2ccc(N)c(OC)c2)c1. The lowest BCUT2D eigenvalue weighted by atomic mass is 10.2. The molecular formula is C14H15BrN2O2. The van der Waals surface area contributed by atoms with E-state index in [9.17, 15) is 0 Å². The number of nitrogen functional groups attached to an aromatic ring is 1. The van der Waals surface area contributed by atoms with Gasteiger partial charge in [0.1, 0.15) is 11.5 Å². The van der Waals surface area contributed by atoms with Crippen LogP contribution in [0.25, 0.3) is 0 Å². The Kier molecular flexibility index (Phi) is 4.16. The van der Waals surface area contributed by atoms with Crippen LogP contribution in [0.5, 0.6) is 11.5 Å². The van der Waals surface area contributed by atoms with Gasteiger partial charge in [0.05, 0.1) is 19.9 Å². The molecule has 0 bridgehead atoms. The van der Waals surface area contributed by atoms with Gasteiger partial charge in [0.2, 0.25) is 0 Å². The highest BCUT2D eigenvalue weighted by Crippen LogP contribution is 2.30. The van der Waals surface area contributed by atoms with E-state index in [0.29, 0.717) is 11.4 Å². The second-order valence-electron chi connectivity index (χ2n) is 3.96. The summed E-state index contributed by atoms with van der Waals surface area (Å²) in [6.07, 6.45) is 0. The number of ether oxygens (including phenoxy) is 2. The zero-order valence-electron chi connectivity index (χ0n) is 10.7. The van der Waals surface area contributed by atoms with Crippen LogP contribution < -0.4 is 20.5 Å². The molecule has 4 nitrogen and oxygen atoms in total. The number of halogens is 1. The minimum atomic E-state index is 0.611. The van der Waals surface area contributed by atoms with Crippen LogP contribution in [0, 0.1) is 0 Å². The molecule has 100 valence electrons. The number of rotatable bonds is 4. The molecule has 3 N–H and O–H groups in total. The molecule has 2 aromatic carbocycles. The van der Waals surface area contributed by atoms with E-state index in [0.717, 1.165) is 21.6 Å². The van der Waals surface area contributed by atoms with Crippen LogP contribution >= 0.6 is 15.9 Å². The van der Waals surface area contributed by atoms with E-state index in [1.807, 2.05) is 30.3 Å². The first kappa shape index (κ1) is 13.5. The first-order valence-electron chi connectivity index (χ1n) is 5.67. The van der Waals surface area contributed by atoms with Crippen molar-refractivity contribution in [2.24, 2.45) is 0 Å². The van der Waals surface area contributed by atoms with Crippen molar-refractivity contribution >= 4 is 33.0 Å². The van der Waals surface area contributed by atoms with Crippen LogP contribution in [0.2, 0.25) is 0 Å². The second-order valence-corrected chi connectivity index (χ2v) is 4.88. The lowest BCUT2D eigenvalue weighted by Gasteiger charge is -2.11. The van der Waals surface area contributed by atoms with Crippen LogP contribution in [-0.2, 0) is 0 Å². The minimum Gasteiger partial charge on any atom is -0.497 e. The molecule has 5 heteroatoms. The van der Waals surface area contributed by atoms with E-state index >= 15 is 0 Å². The molecule has 2 aromatic rings. The fourth-order valence-corrected chi connectivity index (χ4v) is 2.18. The van der Waals surface area contributed by atoms with Crippen molar-refractivity contribution in [1.82, 2.24) is 0 Å². The predicted octanol–water partition coefficient (Wildman–Crippen LogP) is 3.79. The lowest BCUT2D eigenvalue weighted by molar-refractivity contribution is 0.415. The van der Waals surface area contributed by atoms with Crippen molar-refractivity contribution in [1.29, 1.82) is 0 Å². The van der Waals surface area contributed by atoms with Gasteiger partial charge in [-0.3, -0.25) is 0 Å². The molecule has 0 aliphatic heterocycles. The highest BCUT2D eigenvalue weighted by atomic mass is 79.9. The van der Waals surface area contributed by atoms with Gasteiger partial charge in [-0.2, -0.15) is 0 Å². The molecule has 0 aromatic heterocycles. The fourth-order valence-electron chi connectivity index (χ4n) is 1.71. The van der Waals surface area contributed by atoms with Gasteiger partial charge in [-0.1, -0.05) is 15.9 Å². The van der Waals surface area contributed by atoms with Crippen molar-refractivity contribution in [3.05, 3.63) is 40.9 Å². The van der Waals surface area contributed by atoms with Gasteiger partial charge < -0.3 is 20.5 Å². The Morgan fingerprint density at radius 3 is 2.47 bits per heavy atom. The maximum atomic E-state index is 5.78. The molecule has 0 aliphatic carbocycles. The molecule has 0 fully saturated rings. The number of hydrogen-bond donors (Lipinski definition) is 2. The molecule has 0 saturated heterocycles. The predicted molar refractivity (Wildman–Crippen MR) is 81.4 cm³/mol. The number of hydrogen-bond acceptors (Lipinski definition) is 4. The van der Waals surface area contributed by atoms with E-state index in [1.54, 1.807) is 20.3 Å². The van der Waals surface area contributed by atoms with E-state index in [2.05, 4.69) is 21.2 Å². The van der Waals surface area contributed by atoms with Gasteiger partial charge in [-0.25, -0.2) is 0 Å². The topological polar surface area (TPSA) is 56.5 Å². The number of nitrogens with two attached hydrogens (primary N) is 1. The largest absolute Gasteiger partial charge is 0.497 e. The Bertz CT molecular complexity index is 588. The third kappa shape index (κ3) is 3.32. The van der Waals surface area contributed by atoms with Crippen LogP contribution in [0.15, 0.2) is 40.9 Å². The van der Waals surface area contributed by atoms with Crippen molar-refractivity contribution in [2.45, 2.75) is 0 Å². The molecule has 0 heterocycles. The van der Waals surface area contributed by atoms with Gasteiger partial charge >= 0.3 is 0 Å². The first-order chi connectivity index (χ1) is 9.12. The fraction of sp³-hybridized carbons (Fsp3) is 0.143. The average Bonchev–Trinajstić information content (AvgIpc) is 2.40. The highest BCUT2D eigenvalue weighted by molar-refractivity contribution is 9.10. The van der Waals surface area contributed by atoms with Crippen LogP contribution in [0.3, 0.4) is 0 Å². The monoisotopic (exact) mass is 322 g/mol. The lowest BCUT2D eigenvalue weighted by Crippen LogP contribution is -1.96. The molecule has 0 radical (unpaired) electrons. The maximum Gasteiger partial charge on any atom is 0.143 e. The zero-order chi connectivity index (χ0) is 13.8. The summed E-state index contributed by atoms with van der Waals surface area (Å²) in [6.45, 7) is 0. The maximum absolute atomic E-state index is 5.78. The second kappa shape index (κ2) is 5.84. The van der Waals surface area contributed by atoms with E-state index in [1.165, 1.54) is 0 Å². The van der Waals surface area contributed by atoms with Gasteiger partial charge in [-0.15, -0.1) is 0 Å². The number of benzene rings is 2. The molecule has 0 amide bonds. The summed E-state index contributed by atoms with van der Waals surface area (Å²) in [6, 6.07) is 11.3. The summed E-state index contributed by atoms with van der Waals surface area (Å²) in [4.78, 5) is 0. The molecule has 19 heavy (non-hydrogen) atoms. The van der Waals surface area contributed by atoms with Crippen LogP contribution in [0.4, 0.5) is 17.1 Å². The summed E-state index contributed by atoms with van der Waals surface area (Å²) >= 11 is 3.44. The number of nitrogens with one attached hydrogen (secondary N) is 1. The van der Waals surface area contributed by atoms with Gasteiger partial charge in [0.15, 0.2) is 0 Å². The van der Waals surface area contributed by atoms with Crippen molar-refractivity contribution in [2.75, 3.05) is 25.3 Å². The Labute approximate surface area is 120 Å². The molecular weight excluding hydrogens is 308 g/mol. The zero-order valence-corrected chi connectivity index (χ0v) is 12.3. The Morgan fingerprint density at radius 2 is 1.79 bits per heavy atom. The van der Waals surface area contributed by atoms with Crippen molar-refractivity contribution in [3.63, 3.8) is 0 Å². The van der Waals surface area contributed by atoms with E-state index in [-0.39, 0.29) is 0 Å². The molecule has 0 aliphatic rings. The molecule has 0 atom stereocenters. The van der Waals surface area contributed by atoms with Gasteiger partial charge in [-0.05, 0) is 24.3 Å².